The summed E-state index contributed by atoms with van der Waals surface area (Å²) in [5, 5.41) is 8.21. The Kier molecular flexibility index (Phi) is 6.10. The largest absolute Gasteiger partial charge is 0.311 e. The molecular formula is C17H20Cl2N4O3S. The molecule has 0 aliphatic carbocycles. The van der Waals surface area contributed by atoms with Gasteiger partial charge >= 0.3 is 0 Å². The molecule has 0 spiro atoms. The second-order valence-corrected chi connectivity index (χ2v) is 9.36. The average Bonchev–Trinajstić information content (AvgIpc) is 3.03. The molecule has 1 aromatic carbocycles. The number of nitrogens with zero attached hydrogens (tertiary/aromatic N) is 3. The van der Waals surface area contributed by atoms with Gasteiger partial charge in [0.1, 0.15) is 5.82 Å². The van der Waals surface area contributed by atoms with Crippen molar-refractivity contribution >= 4 is 45.0 Å². The number of nitrogens with one attached hydrogen (secondary N) is 1. The maximum atomic E-state index is 12.6. The molecule has 7 nitrogen and oxygen atoms in total. The van der Waals surface area contributed by atoms with Gasteiger partial charge in [0.05, 0.1) is 19.0 Å². The molecule has 1 aromatic heterocycles. The van der Waals surface area contributed by atoms with E-state index < -0.39 is 10.0 Å². The van der Waals surface area contributed by atoms with Crippen molar-refractivity contribution in [2.24, 2.45) is 5.92 Å². The number of halogens is 2. The molecule has 0 unspecified atom stereocenters. The van der Waals surface area contributed by atoms with E-state index in [4.69, 9.17) is 23.2 Å². The van der Waals surface area contributed by atoms with E-state index in [0.29, 0.717) is 48.3 Å². The second-order valence-electron chi connectivity index (χ2n) is 6.54. The van der Waals surface area contributed by atoms with Crippen molar-refractivity contribution in [2.75, 3.05) is 24.7 Å². The third kappa shape index (κ3) is 5.01. The number of hydrogen-bond donors (Lipinski definition) is 1. The van der Waals surface area contributed by atoms with E-state index >= 15 is 0 Å². The molecule has 27 heavy (non-hydrogen) atoms. The quantitative estimate of drug-likeness (QED) is 0.789. The minimum absolute atomic E-state index is 0.132. The fraction of sp³-hybridized carbons (Fsp3) is 0.412. The lowest BCUT2D eigenvalue weighted by Crippen LogP contribution is -2.41. The van der Waals surface area contributed by atoms with E-state index in [0.717, 1.165) is 5.56 Å². The standard InChI is InChI=1S/C17H20Cl2N4O3S/c1-27(25,26)22-8-5-12(6-9-22)17(24)21-16-4-7-20-23(16)11-13-2-3-14(18)10-15(13)19/h2-4,7,10,12H,5-6,8-9,11H2,1H3,(H,21,24). The Morgan fingerprint density at radius 2 is 1.96 bits per heavy atom. The molecule has 1 saturated heterocycles. The number of carbonyl (C=O) groups excluding carboxylic acids is 1. The number of anilines is 1. The summed E-state index contributed by atoms with van der Waals surface area (Å²) in [5.74, 6) is 0.203. The number of carbonyl (C=O) groups is 1. The van der Waals surface area contributed by atoms with Crippen molar-refractivity contribution in [1.29, 1.82) is 0 Å². The zero-order chi connectivity index (χ0) is 19.6. The number of aromatic nitrogens is 2. The molecule has 1 N–H and O–H groups in total. The highest BCUT2D eigenvalue weighted by molar-refractivity contribution is 7.88. The number of rotatable bonds is 5. The van der Waals surface area contributed by atoms with Gasteiger partial charge in [0, 0.05) is 35.1 Å². The molecule has 1 amide bonds. The highest BCUT2D eigenvalue weighted by Gasteiger charge is 2.29. The van der Waals surface area contributed by atoms with Gasteiger partial charge in [-0.25, -0.2) is 17.4 Å². The first kappa shape index (κ1) is 20.1. The van der Waals surface area contributed by atoms with E-state index in [2.05, 4.69) is 10.4 Å². The summed E-state index contributed by atoms with van der Waals surface area (Å²) in [6, 6.07) is 6.95. The number of amides is 1. The zero-order valence-electron chi connectivity index (χ0n) is 14.7. The Balaban J connectivity index is 1.64. The van der Waals surface area contributed by atoms with Crippen LogP contribution in [0.25, 0.3) is 0 Å². The van der Waals surface area contributed by atoms with E-state index in [1.807, 2.05) is 6.07 Å². The average molecular weight is 431 g/mol. The van der Waals surface area contributed by atoms with Gasteiger partial charge < -0.3 is 5.32 Å². The van der Waals surface area contributed by atoms with Crippen molar-refractivity contribution in [3.05, 3.63) is 46.1 Å². The number of piperidine rings is 1. The van der Waals surface area contributed by atoms with E-state index in [-0.39, 0.29) is 11.8 Å². The normalized spacial score (nSPS) is 16.4. The Morgan fingerprint density at radius 1 is 1.26 bits per heavy atom. The predicted octanol–water partition coefficient (Wildman–Crippen LogP) is 2.85. The van der Waals surface area contributed by atoms with Gasteiger partial charge in [0.15, 0.2) is 0 Å². The van der Waals surface area contributed by atoms with Gasteiger partial charge in [0.25, 0.3) is 0 Å². The first-order valence-corrected chi connectivity index (χ1v) is 11.1. The van der Waals surface area contributed by atoms with Crippen LogP contribution in [0.15, 0.2) is 30.5 Å². The summed E-state index contributed by atoms with van der Waals surface area (Å²) in [5.41, 5.74) is 0.835. The van der Waals surface area contributed by atoms with Crippen LogP contribution in [0.3, 0.4) is 0 Å². The van der Waals surface area contributed by atoms with Gasteiger partial charge in [-0.2, -0.15) is 5.10 Å². The van der Waals surface area contributed by atoms with E-state index in [1.54, 1.807) is 29.1 Å². The third-order valence-electron chi connectivity index (χ3n) is 4.60. The molecular weight excluding hydrogens is 411 g/mol. The molecule has 1 aliphatic heterocycles. The molecule has 2 heterocycles. The summed E-state index contributed by atoms with van der Waals surface area (Å²) < 4.78 is 26.2. The van der Waals surface area contributed by atoms with Crippen LogP contribution in [0.1, 0.15) is 18.4 Å². The molecule has 10 heteroatoms. The van der Waals surface area contributed by atoms with Crippen molar-refractivity contribution < 1.29 is 13.2 Å². The molecule has 0 radical (unpaired) electrons. The molecule has 1 fully saturated rings. The Labute approximate surface area is 168 Å². The molecule has 0 bridgehead atoms. The molecule has 1 aliphatic rings. The van der Waals surface area contributed by atoms with Gasteiger partial charge in [-0.1, -0.05) is 29.3 Å². The first-order chi connectivity index (χ1) is 12.7. The fourth-order valence-corrected chi connectivity index (χ4v) is 4.40. The molecule has 2 aromatic rings. The third-order valence-corrected chi connectivity index (χ3v) is 6.49. The topological polar surface area (TPSA) is 84.3 Å². The summed E-state index contributed by atoms with van der Waals surface area (Å²) >= 11 is 12.1. The van der Waals surface area contributed by atoms with Crippen LogP contribution in [0.2, 0.25) is 10.0 Å². The van der Waals surface area contributed by atoms with Gasteiger partial charge in [-0.05, 0) is 30.5 Å². The van der Waals surface area contributed by atoms with Gasteiger partial charge in [-0.15, -0.1) is 0 Å². The van der Waals surface area contributed by atoms with E-state index in [1.165, 1.54) is 10.6 Å². The fourth-order valence-electron chi connectivity index (χ4n) is 3.05. The van der Waals surface area contributed by atoms with Gasteiger partial charge in [0.2, 0.25) is 15.9 Å². The highest BCUT2D eigenvalue weighted by Crippen LogP contribution is 2.24. The Hall–Kier alpha value is -1.61. The molecule has 0 atom stereocenters. The monoisotopic (exact) mass is 430 g/mol. The van der Waals surface area contributed by atoms with Crippen LogP contribution in [-0.2, 0) is 21.4 Å². The zero-order valence-corrected chi connectivity index (χ0v) is 17.1. The van der Waals surface area contributed by atoms with Crippen molar-refractivity contribution in [3.63, 3.8) is 0 Å². The summed E-state index contributed by atoms with van der Waals surface area (Å²) in [6.07, 6.45) is 3.78. The lowest BCUT2D eigenvalue weighted by molar-refractivity contribution is -0.121. The molecule has 3 rings (SSSR count). The minimum Gasteiger partial charge on any atom is -0.311 e. The predicted molar refractivity (Wildman–Crippen MR) is 106 cm³/mol. The van der Waals surface area contributed by atoms with E-state index in [9.17, 15) is 13.2 Å². The smallest absolute Gasteiger partial charge is 0.228 e. The molecule has 146 valence electrons. The van der Waals surface area contributed by atoms with Crippen LogP contribution < -0.4 is 5.32 Å². The second kappa shape index (κ2) is 8.18. The Morgan fingerprint density at radius 3 is 2.59 bits per heavy atom. The first-order valence-electron chi connectivity index (χ1n) is 8.46. The van der Waals surface area contributed by atoms with Crippen molar-refractivity contribution in [2.45, 2.75) is 19.4 Å². The summed E-state index contributed by atoms with van der Waals surface area (Å²) in [6.45, 7) is 1.11. The van der Waals surface area contributed by atoms with Crippen molar-refractivity contribution in [1.82, 2.24) is 14.1 Å². The van der Waals surface area contributed by atoms with Crippen LogP contribution >= 0.6 is 23.2 Å². The number of sulfonamides is 1. The Bertz CT molecular complexity index is 937. The molecule has 0 saturated carbocycles. The van der Waals surface area contributed by atoms with Crippen molar-refractivity contribution in [3.8, 4) is 0 Å². The lowest BCUT2D eigenvalue weighted by Gasteiger charge is -2.29. The van der Waals surface area contributed by atoms with Crippen LogP contribution in [0.4, 0.5) is 5.82 Å². The van der Waals surface area contributed by atoms with Crippen LogP contribution in [-0.4, -0.2) is 47.8 Å². The van der Waals surface area contributed by atoms with Crippen LogP contribution in [0.5, 0.6) is 0 Å². The lowest BCUT2D eigenvalue weighted by atomic mass is 9.97. The summed E-state index contributed by atoms with van der Waals surface area (Å²) in [4.78, 5) is 12.6. The SMILES string of the molecule is CS(=O)(=O)N1CCC(C(=O)Nc2ccnn2Cc2ccc(Cl)cc2Cl)CC1. The summed E-state index contributed by atoms with van der Waals surface area (Å²) in [7, 11) is -3.21. The maximum Gasteiger partial charge on any atom is 0.228 e. The number of hydrogen-bond acceptors (Lipinski definition) is 4. The van der Waals surface area contributed by atoms with Gasteiger partial charge in [-0.3, -0.25) is 4.79 Å². The maximum absolute atomic E-state index is 12.6. The minimum atomic E-state index is -3.21. The number of benzene rings is 1. The van der Waals surface area contributed by atoms with Crippen LogP contribution in [0, 0.1) is 5.92 Å². The highest BCUT2D eigenvalue weighted by atomic mass is 35.5.